The second-order valence-electron chi connectivity index (χ2n) is 5.19. The first-order chi connectivity index (χ1) is 8.52. The van der Waals surface area contributed by atoms with Crippen molar-refractivity contribution in [3.05, 3.63) is 28.0 Å². The van der Waals surface area contributed by atoms with Crippen LogP contribution in [0.3, 0.4) is 0 Å². The molecule has 1 saturated heterocycles. The summed E-state index contributed by atoms with van der Waals surface area (Å²) in [5.74, 6) is 0. The predicted molar refractivity (Wildman–Crippen MR) is 76.2 cm³/mol. The Balaban J connectivity index is 1.95. The average molecular weight is 288 g/mol. The van der Waals surface area contributed by atoms with Crippen molar-refractivity contribution < 1.29 is 0 Å². The second kappa shape index (κ2) is 5.74. The zero-order valence-electron chi connectivity index (χ0n) is 10.8. The molecule has 0 atom stereocenters. The smallest absolute Gasteiger partial charge is 0.130 e. The van der Waals surface area contributed by atoms with Gasteiger partial charge in [-0.25, -0.2) is 4.98 Å². The normalized spacial score (nSPS) is 20.0. The van der Waals surface area contributed by atoms with E-state index in [1.54, 1.807) is 12.3 Å². The van der Waals surface area contributed by atoms with E-state index in [1.165, 1.54) is 0 Å². The molecule has 1 fully saturated rings. The summed E-state index contributed by atoms with van der Waals surface area (Å²) in [6, 6.07) is 1.71. The van der Waals surface area contributed by atoms with Crippen molar-refractivity contribution in [3.63, 3.8) is 0 Å². The molecule has 3 nitrogen and oxygen atoms in total. The van der Waals surface area contributed by atoms with E-state index in [0.717, 1.165) is 38.0 Å². The Kier molecular flexibility index (Phi) is 4.49. The van der Waals surface area contributed by atoms with Gasteiger partial charge in [0.25, 0.3) is 0 Å². The second-order valence-corrected chi connectivity index (χ2v) is 5.98. The molecule has 0 amide bonds. The molecule has 0 radical (unpaired) electrons. The van der Waals surface area contributed by atoms with Crippen molar-refractivity contribution in [2.24, 2.45) is 0 Å². The largest absolute Gasteiger partial charge is 0.314 e. The van der Waals surface area contributed by atoms with Crippen LogP contribution in [0.4, 0.5) is 0 Å². The third kappa shape index (κ3) is 3.35. The topological polar surface area (TPSA) is 28.2 Å². The molecule has 2 rings (SSSR count). The lowest BCUT2D eigenvalue weighted by Gasteiger charge is -2.39. The molecule has 0 unspecified atom stereocenters. The maximum Gasteiger partial charge on any atom is 0.130 e. The van der Waals surface area contributed by atoms with Gasteiger partial charge in [0, 0.05) is 42.0 Å². The van der Waals surface area contributed by atoms with Gasteiger partial charge in [-0.15, -0.1) is 0 Å². The lowest BCUT2D eigenvalue weighted by Crippen LogP contribution is -2.49. The molecular weight excluding hydrogens is 269 g/mol. The minimum Gasteiger partial charge on any atom is -0.314 e. The van der Waals surface area contributed by atoms with Gasteiger partial charge in [-0.05, 0) is 32.9 Å². The molecule has 0 aromatic carbocycles. The first kappa shape index (κ1) is 14.1. The molecule has 5 heteroatoms. The van der Waals surface area contributed by atoms with Crippen LogP contribution in [0.1, 0.15) is 25.3 Å². The molecule has 0 saturated carbocycles. The zero-order chi connectivity index (χ0) is 13.2. The van der Waals surface area contributed by atoms with Gasteiger partial charge in [0.05, 0.1) is 0 Å². The van der Waals surface area contributed by atoms with Gasteiger partial charge < -0.3 is 5.32 Å². The van der Waals surface area contributed by atoms with Crippen molar-refractivity contribution in [1.82, 2.24) is 15.2 Å². The fourth-order valence-corrected chi connectivity index (χ4v) is 2.67. The van der Waals surface area contributed by atoms with E-state index in [0.29, 0.717) is 10.2 Å². The zero-order valence-corrected chi connectivity index (χ0v) is 12.4. The van der Waals surface area contributed by atoms with E-state index in [4.69, 9.17) is 23.2 Å². The van der Waals surface area contributed by atoms with Gasteiger partial charge in [0.2, 0.25) is 0 Å². The number of hydrogen-bond acceptors (Lipinski definition) is 3. The molecule has 1 N–H and O–H groups in total. The lowest BCUT2D eigenvalue weighted by molar-refractivity contribution is 0.146. The van der Waals surface area contributed by atoms with Crippen molar-refractivity contribution >= 4 is 23.2 Å². The average Bonchev–Trinajstić information content (AvgIpc) is 2.36. The van der Waals surface area contributed by atoms with Gasteiger partial charge in [-0.2, -0.15) is 0 Å². The SMILES string of the molecule is CNC1(C)CCN(Cc2cnc(Cl)cc2Cl)CC1. The Bertz CT molecular complexity index is 415. The molecule has 0 aliphatic carbocycles. The third-order valence-electron chi connectivity index (χ3n) is 3.85. The highest BCUT2D eigenvalue weighted by Gasteiger charge is 2.28. The van der Waals surface area contributed by atoms with E-state index in [9.17, 15) is 0 Å². The van der Waals surface area contributed by atoms with E-state index < -0.39 is 0 Å². The minimum atomic E-state index is 0.276. The summed E-state index contributed by atoms with van der Waals surface area (Å²) in [6.07, 6.45) is 4.08. The van der Waals surface area contributed by atoms with E-state index in [1.807, 2.05) is 7.05 Å². The molecule has 1 aromatic rings. The Morgan fingerprint density at radius 2 is 2.06 bits per heavy atom. The number of halogens is 2. The molecule has 1 aliphatic heterocycles. The quantitative estimate of drug-likeness (QED) is 0.867. The monoisotopic (exact) mass is 287 g/mol. The van der Waals surface area contributed by atoms with E-state index in [-0.39, 0.29) is 5.54 Å². The van der Waals surface area contributed by atoms with Gasteiger partial charge in [-0.1, -0.05) is 23.2 Å². The molecule has 1 aromatic heterocycles. The highest BCUT2D eigenvalue weighted by Crippen LogP contribution is 2.25. The number of hydrogen-bond donors (Lipinski definition) is 1. The Labute approximate surface area is 118 Å². The van der Waals surface area contributed by atoms with Crippen molar-refractivity contribution in [2.45, 2.75) is 31.8 Å². The molecule has 1 aliphatic rings. The fraction of sp³-hybridized carbons (Fsp3) is 0.615. The molecule has 0 spiro atoms. The number of nitrogens with one attached hydrogen (secondary N) is 1. The maximum atomic E-state index is 6.17. The number of piperidine rings is 1. The van der Waals surface area contributed by atoms with Crippen LogP contribution < -0.4 is 5.32 Å². The maximum absolute atomic E-state index is 6.17. The van der Waals surface area contributed by atoms with Crippen LogP contribution in [0.25, 0.3) is 0 Å². The molecule has 100 valence electrons. The number of rotatable bonds is 3. The number of aromatic nitrogens is 1. The lowest BCUT2D eigenvalue weighted by atomic mass is 9.90. The Morgan fingerprint density at radius 3 is 2.61 bits per heavy atom. The van der Waals surface area contributed by atoms with Crippen LogP contribution >= 0.6 is 23.2 Å². The van der Waals surface area contributed by atoms with E-state index >= 15 is 0 Å². The van der Waals surface area contributed by atoms with E-state index in [2.05, 4.69) is 22.1 Å². The summed E-state index contributed by atoms with van der Waals surface area (Å²) in [5, 5.41) is 4.56. The van der Waals surface area contributed by atoms with Crippen molar-refractivity contribution in [1.29, 1.82) is 0 Å². The summed E-state index contributed by atoms with van der Waals surface area (Å²) in [5.41, 5.74) is 1.33. The highest BCUT2D eigenvalue weighted by molar-refractivity contribution is 6.34. The third-order valence-corrected chi connectivity index (χ3v) is 4.41. The first-order valence-electron chi connectivity index (χ1n) is 6.24. The van der Waals surface area contributed by atoms with Crippen LogP contribution in [-0.4, -0.2) is 35.6 Å². The van der Waals surface area contributed by atoms with Crippen LogP contribution in [0.15, 0.2) is 12.3 Å². The predicted octanol–water partition coefficient (Wildman–Crippen LogP) is 2.96. The minimum absolute atomic E-state index is 0.276. The van der Waals surface area contributed by atoms with Gasteiger partial charge >= 0.3 is 0 Å². The number of likely N-dealkylation sites (tertiary alicyclic amines) is 1. The van der Waals surface area contributed by atoms with Gasteiger partial charge in [-0.3, -0.25) is 4.90 Å². The Hall–Kier alpha value is -0.350. The summed E-state index contributed by atoms with van der Waals surface area (Å²) < 4.78 is 0. The standard InChI is InChI=1S/C13H19Cl2N3/c1-13(16-2)3-5-18(6-4-13)9-10-8-17-12(15)7-11(10)14/h7-8,16H,3-6,9H2,1-2H3. The first-order valence-corrected chi connectivity index (χ1v) is 6.99. The molecule has 2 heterocycles. The Morgan fingerprint density at radius 1 is 1.39 bits per heavy atom. The fourth-order valence-electron chi connectivity index (χ4n) is 2.25. The van der Waals surface area contributed by atoms with Crippen molar-refractivity contribution in [2.75, 3.05) is 20.1 Å². The summed E-state index contributed by atoms with van der Waals surface area (Å²) in [7, 11) is 2.04. The van der Waals surface area contributed by atoms with Crippen LogP contribution in [-0.2, 0) is 6.54 Å². The van der Waals surface area contributed by atoms with Crippen LogP contribution in [0.2, 0.25) is 10.2 Å². The summed E-state index contributed by atoms with van der Waals surface area (Å²) in [6.45, 7) is 5.29. The molecular formula is C13H19Cl2N3. The number of pyridine rings is 1. The van der Waals surface area contributed by atoms with Crippen LogP contribution in [0.5, 0.6) is 0 Å². The van der Waals surface area contributed by atoms with Gasteiger partial charge in [0.15, 0.2) is 0 Å². The van der Waals surface area contributed by atoms with Crippen LogP contribution in [0, 0.1) is 0 Å². The summed E-state index contributed by atoms with van der Waals surface area (Å²) in [4.78, 5) is 6.50. The molecule has 0 bridgehead atoms. The number of nitrogens with zero attached hydrogens (tertiary/aromatic N) is 2. The van der Waals surface area contributed by atoms with Gasteiger partial charge in [0.1, 0.15) is 5.15 Å². The molecule has 18 heavy (non-hydrogen) atoms. The summed E-state index contributed by atoms with van der Waals surface area (Å²) >= 11 is 12.0. The highest BCUT2D eigenvalue weighted by atomic mass is 35.5. The van der Waals surface area contributed by atoms with Crippen molar-refractivity contribution in [3.8, 4) is 0 Å².